The summed E-state index contributed by atoms with van der Waals surface area (Å²) in [6.45, 7) is 6.40. The van der Waals surface area contributed by atoms with Gasteiger partial charge in [-0.2, -0.15) is 0 Å². The van der Waals surface area contributed by atoms with Crippen LogP contribution in [0.5, 0.6) is 0 Å². The summed E-state index contributed by atoms with van der Waals surface area (Å²) >= 11 is 0. The van der Waals surface area contributed by atoms with Gasteiger partial charge in [-0.3, -0.25) is 14.4 Å². The van der Waals surface area contributed by atoms with E-state index >= 15 is 0 Å². The van der Waals surface area contributed by atoms with E-state index in [-0.39, 0.29) is 44.0 Å². The van der Waals surface area contributed by atoms with Crippen molar-refractivity contribution >= 4 is 17.9 Å². The molecule has 0 aromatic carbocycles. The third kappa shape index (κ3) is 49.2. The normalized spacial score (nSPS) is 12.9. The van der Waals surface area contributed by atoms with Gasteiger partial charge in [-0.05, 0) is 96.3 Å². The van der Waals surface area contributed by atoms with Crippen LogP contribution in [0.25, 0.3) is 0 Å². The summed E-state index contributed by atoms with van der Waals surface area (Å²) in [5.74, 6) is -1.03. The molecule has 0 rings (SSSR count). The highest BCUT2D eigenvalue weighted by Crippen LogP contribution is 2.12. The van der Waals surface area contributed by atoms with Crippen LogP contribution in [0, 0.1) is 0 Å². The third-order valence-electron chi connectivity index (χ3n) is 10.6. The average Bonchev–Trinajstić information content (AvgIpc) is 3.28. The lowest BCUT2D eigenvalue weighted by Crippen LogP contribution is -2.30. The van der Waals surface area contributed by atoms with Crippen molar-refractivity contribution in [2.45, 2.75) is 232 Å². The molecule has 6 nitrogen and oxygen atoms in total. The summed E-state index contributed by atoms with van der Waals surface area (Å²) in [6, 6.07) is 0. The first-order chi connectivity index (χ1) is 31.0. The van der Waals surface area contributed by atoms with E-state index in [1.54, 1.807) is 0 Å². The lowest BCUT2D eigenvalue weighted by Gasteiger charge is -2.18. The Balaban J connectivity index is 4.52. The Labute approximate surface area is 387 Å². The Bertz CT molecular complexity index is 1280. The van der Waals surface area contributed by atoms with Crippen LogP contribution in [0.4, 0.5) is 0 Å². The number of rotatable bonds is 45. The van der Waals surface area contributed by atoms with E-state index in [0.717, 1.165) is 109 Å². The molecule has 0 fully saturated rings. The van der Waals surface area contributed by atoms with Crippen molar-refractivity contribution < 1.29 is 28.6 Å². The second-order valence-corrected chi connectivity index (χ2v) is 16.7. The number of esters is 3. The highest BCUT2D eigenvalue weighted by atomic mass is 16.6. The minimum absolute atomic E-state index is 0.116. The van der Waals surface area contributed by atoms with E-state index in [0.29, 0.717) is 12.8 Å². The zero-order valence-corrected chi connectivity index (χ0v) is 40.8. The number of carbonyl (C=O) groups is 3. The van der Waals surface area contributed by atoms with Crippen LogP contribution in [0.1, 0.15) is 226 Å². The molecule has 0 aliphatic carbocycles. The van der Waals surface area contributed by atoms with E-state index in [1.807, 2.05) is 6.08 Å². The zero-order chi connectivity index (χ0) is 45.8. The SMILES string of the molecule is CC/C=C\C/C=C\C/C=C\CCCCCCC(=O)OC(COC(=O)CC/C=C\C/C=C\CCCCCCCC)COC(=O)CCCCCCC\C=C/C=C\C=C/CCCCCCC. The number of ether oxygens (including phenoxy) is 3. The molecule has 1 atom stereocenters. The van der Waals surface area contributed by atoms with Crippen LogP contribution in [0.15, 0.2) is 97.2 Å². The van der Waals surface area contributed by atoms with Gasteiger partial charge < -0.3 is 14.2 Å². The molecule has 1 unspecified atom stereocenters. The molecule has 0 aromatic heterocycles. The van der Waals surface area contributed by atoms with Crippen molar-refractivity contribution in [3.8, 4) is 0 Å². The maximum absolute atomic E-state index is 12.8. The predicted octanol–water partition coefficient (Wildman–Crippen LogP) is 17.0. The first kappa shape index (κ1) is 59.3. The Morgan fingerprint density at radius 1 is 0.349 bits per heavy atom. The van der Waals surface area contributed by atoms with Crippen molar-refractivity contribution in [2.75, 3.05) is 13.2 Å². The van der Waals surface area contributed by atoms with Crippen molar-refractivity contribution in [3.63, 3.8) is 0 Å². The second-order valence-electron chi connectivity index (χ2n) is 16.7. The summed E-state index contributed by atoms with van der Waals surface area (Å²) in [4.78, 5) is 37.9. The fourth-order valence-corrected chi connectivity index (χ4v) is 6.74. The van der Waals surface area contributed by atoms with Crippen LogP contribution in [0.2, 0.25) is 0 Å². The van der Waals surface area contributed by atoms with Crippen molar-refractivity contribution in [2.24, 2.45) is 0 Å². The highest BCUT2D eigenvalue weighted by molar-refractivity contribution is 5.71. The highest BCUT2D eigenvalue weighted by Gasteiger charge is 2.19. The molecule has 0 amide bonds. The topological polar surface area (TPSA) is 78.9 Å². The molecule has 0 saturated heterocycles. The number of unbranched alkanes of at least 4 members (excludes halogenated alkanes) is 20. The first-order valence-corrected chi connectivity index (χ1v) is 25.8. The summed E-state index contributed by atoms with van der Waals surface area (Å²) in [5.41, 5.74) is 0. The Hall–Kier alpha value is -3.67. The lowest BCUT2D eigenvalue weighted by molar-refractivity contribution is -0.166. The van der Waals surface area contributed by atoms with Gasteiger partial charge in [-0.1, -0.05) is 208 Å². The van der Waals surface area contributed by atoms with Crippen molar-refractivity contribution in [1.29, 1.82) is 0 Å². The maximum Gasteiger partial charge on any atom is 0.306 e. The van der Waals surface area contributed by atoms with Crippen LogP contribution >= 0.6 is 0 Å². The van der Waals surface area contributed by atoms with Crippen LogP contribution < -0.4 is 0 Å². The van der Waals surface area contributed by atoms with E-state index in [9.17, 15) is 14.4 Å². The van der Waals surface area contributed by atoms with Gasteiger partial charge in [0.1, 0.15) is 13.2 Å². The van der Waals surface area contributed by atoms with Gasteiger partial charge in [0.05, 0.1) is 0 Å². The Morgan fingerprint density at radius 2 is 0.714 bits per heavy atom. The van der Waals surface area contributed by atoms with Gasteiger partial charge in [0.15, 0.2) is 6.10 Å². The second kappa shape index (κ2) is 51.0. The van der Waals surface area contributed by atoms with E-state index in [1.165, 1.54) is 70.6 Å². The standard InChI is InChI=1S/C57H94O6/c1-4-7-10-13-16-19-22-25-27-28-29-30-33-35-38-41-44-47-50-56(59)62-53-54(52-61-55(58)49-46-43-40-37-34-31-24-21-18-15-12-9-6-3)63-57(60)51-48-45-42-39-36-32-26-23-20-17-14-11-8-5-2/h8,11,17,20,22,25-32,34,40,43,54H,4-7,9-10,12-16,18-19,21,23-24,33,35-39,41-42,44-53H2,1-3H3/b11-8-,20-17-,25-22-,28-27-,30-29-,32-26-,34-31-,43-40-. The van der Waals surface area contributed by atoms with Gasteiger partial charge in [-0.25, -0.2) is 0 Å². The molecule has 0 radical (unpaired) electrons. The minimum Gasteiger partial charge on any atom is -0.462 e. The molecule has 0 aromatic rings. The van der Waals surface area contributed by atoms with Gasteiger partial charge in [-0.15, -0.1) is 0 Å². The molecule has 6 heteroatoms. The number of carbonyl (C=O) groups excluding carboxylic acids is 3. The fraction of sp³-hybridized carbons (Fsp3) is 0.667. The van der Waals surface area contributed by atoms with Crippen LogP contribution in [-0.2, 0) is 28.6 Å². The van der Waals surface area contributed by atoms with Gasteiger partial charge in [0.25, 0.3) is 0 Å². The molecular weight excluding hydrogens is 781 g/mol. The summed E-state index contributed by atoms with van der Waals surface area (Å²) < 4.78 is 16.7. The molecule has 0 aliphatic rings. The van der Waals surface area contributed by atoms with Gasteiger partial charge in [0.2, 0.25) is 0 Å². The summed E-state index contributed by atoms with van der Waals surface area (Å²) in [5, 5.41) is 0. The minimum atomic E-state index is -0.821. The molecule has 0 bridgehead atoms. The number of allylic oxidation sites excluding steroid dienone is 16. The monoisotopic (exact) mass is 875 g/mol. The van der Waals surface area contributed by atoms with E-state index in [4.69, 9.17) is 14.2 Å². The summed E-state index contributed by atoms with van der Waals surface area (Å²) in [6.07, 6.45) is 66.9. The van der Waals surface area contributed by atoms with E-state index < -0.39 is 6.10 Å². The molecule has 0 heterocycles. The molecule has 0 spiro atoms. The Kier molecular flexibility index (Phi) is 48.0. The van der Waals surface area contributed by atoms with E-state index in [2.05, 4.69) is 112 Å². The average molecular weight is 875 g/mol. The quantitative estimate of drug-likeness (QED) is 0.0199. The largest absolute Gasteiger partial charge is 0.462 e. The predicted molar refractivity (Wildman–Crippen MR) is 270 cm³/mol. The number of hydrogen-bond donors (Lipinski definition) is 0. The smallest absolute Gasteiger partial charge is 0.306 e. The molecule has 0 saturated carbocycles. The lowest BCUT2D eigenvalue weighted by atomic mass is 10.1. The van der Waals surface area contributed by atoms with Gasteiger partial charge in [0, 0.05) is 19.3 Å². The molecule has 0 aliphatic heterocycles. The molecule has 0 N–H and O–H groups in total. The first-order valence-electron chi connectivity index (χ1n) is 25.8. The number of hydrogen-bond acceptors (Lipinski definition) is 6. The van der Waals surface area contributed by atoms with Crippen LogP contribution in [0.3, 0.4) is 0 Å². The van der Waals surface area contributed by atoms with Crippen molar-refractivity contribution in [1.82, 2.24) is 0 Å². The van der Waals surface area contributed by atoms with Gasteiger partial charge >= 0.3 is 17.9 Å². The third-order valence-corrected chi connectivity index (χ3v) is 10.6. The van der Waals surface area contributed by atoms with Crippen molar-refractivity contribution in [3.05, 3.63) is 97.2 Å². The zero-order valence-electron chi connectivity index (χ0n) is 40.8. The maximum atomic E-state index is 12.8. The molecular formula is C57H94O6. The van der Waals surface area contributed by atoms with Crippen LogP contribution in [-0.4, -0.2) is 37.2 Å². The molecule has 358 valence electrons. The Morgan fingerprint density at radius 3 is 1.19 bits per heavy atom. The summed E-state index contributed by atoms with van der Waals surface area (Å²) in [7, 11) is 0. The fourth-order valence-electron chi connectivity index (χ4n) is 6.74. The molecule has 63 heavy (non-hydrogen) atoms.